The van der Waals surface area contributed by atoms with Crippen LogP contribution in [-0.4, -0.2) is 104 Å². The Bertz CT molecular complexity index is 3360. The maximum atomic E-state index is 13.6. The molecule has 0 saturated heterocycles. The number of hydrogen-bond acceptors (Lipinski definition) is 16. The van der Waals surface area contributed by atoms with Gasteiger partial charge in [0.2, 0.25) is 0 Å². The van der Waals surface area contributed by atoms with Crippen LogP contribution in [-0.2, 0) is 41.1 Å². The van der Waals surface area contributed by atoms with E-state index >= 15 is 0 Å². The number of carbonyl (C=O) groups is 3. The van der Waals surface area contributed by atoms with E-state index in [4.69, 9.17) is 28.7 Å². The Kier molecular flexibility index (Phi) is 20.8. The molecule has 4 aromatic rings. The Labute approximate surface area is 434 Å². The number of aryl methyl sites for hydroxylation is 2. The number of alkyl carbamates (subject to hydrolysis) is 1. The number of aromatic nitrogens is 2. The van der Waals surface area contributed by atoms with E-state index in [-0.39, 0.29) is 55.8 Å². The van der Waals surface area contributed by atoms with Gasteiger partial charge in [-0.1, -0.05) is 38.0 Å². The summed E-state index contributed by atoms with van der Waals surface area (Å²) in [5.74, 6) is 4.35. The molecule has 0 aliphatic carbocycles. The number of amides is 2. The number of aromatic carboxylic acids is 1. The van der Waals surface area contributed by atoms with Crippen molar-refractivity contribution in [1.29, 1.82) is 0 Å². The van der Waals surface area contributed by atoms with Gasteiger partial charge >= 0.3 is 41.2 Å². The summed E-state index contributed by atoms with van der Waals surface area (Å²) in [6.07, 6.45) is -0.907. The van der Waals surface area contributed by atoms with E-state index in [9.17, 15) is 52.6 Å². The molecule has 0 fully saturated rings. The van der Waals surface area contributed by atoms with E-state index in [0.717, 1.165) is 32.8 Å². The van der Waals surface area contributed by atoms with Crippen molar-refractivity contribution in [2.75, 3.05) is 51.4 Å². The number of benzene rings is 3. The van der Waals surface area contributed by atoms with Gasteiger partial charge < -0.3 is 59.6 Å². The number of fused-ring (bicyclic) bond motifs is 2. The number of carboxylic acid groups (broad SMARTS) is 1. The molecule has 1 aromatic heterocycles. The zero-order valence-electron chi connectivity index (χ0n) is 41.5. The van der Waals surface area contributed by atoms with Crippen LogP contribution in [0.5, 0.6) is 11.5 Å². The summed E-state index contributed by atoms with van der Waals surface area (Å²) < 4.78 is 70.8. The minimum atomic E-state index is -5.82. The van der Waals surface area contributed by atoms with Crippen LogP contribution in [0.4, 0.5) is 10.5 Å². The lowest BCUT2D eigenvalue weighted by Crippen LogP contribution is -2.37. The molecule has 4 atom stereocenters. The van der Waals surface area contributed by atoms with Gasteiger partial charge in [0.1, 0.15) is 36.0 Å². The van der Waals surface area contributed by atoms with Gasteiger partial charge in [0, 0.05) is 53.0 Å². The highest BCUT2D eigenvalue weighted by Gasteiger charge is 2.41. The van der Waals surface area contributed by atoms with Gasteiger partial charge in [-0.3, -0.25) is 23.7 Å². The van der Waals surface area contributed by atoms with Crippen molar-refractivity contribution in [2.24, 2.45) is 0 Å². The zero-order chi connectivity index (χ0) is 56.1. The molecule has 9 N–H and O–H groups in total. The fourth-order valence-electron chi connectivity index (χ4n) is 7.25. The van der Waals surface area contributed by atoms with Crippen molar-refractivity contribution in [1.82, 2.24) is 20.2 Å². The van der Waals surface area contributed by atoms with Gasteiger partial charge in [0.25, 0.3) is 11.5 Å². The molecule has 1 aliphatic rings. The first-order valence-electron chi connectivity index (χ1n) is 22.9. The highest BCUT2D eigenvalue weighted by molar-refractivity contribution is 7.66. The fourth-order valence-corrected chi connectivity index (χ4v) is 10.3. The zero-order valence-corrected chi connectivity index (χ0v) is 44.2. The lowest BCUT2D eigenvalue weighted by Gasteiger charge is -2.26. The van der Waals surface area contributed by atoms with Crippen molar-refractivity contribution >= 4 is 59.3 Å². The number of rotatable bonds is 26. The average molecular weight is 1120 g/mol. The first-order chi connectivity index (χ1) is 35.7. The summed E-state index contributed by atoms with van der Waals surface area (Å²) in [7, 11) is -17.0. The highest BCUT2D eigenvalue weighted by Crippen LogP contribution is 2.66. The molecule has 0 bridgehead atoms. The summed E-state index contributed by atoms with van der Waals surface area (Å²) in [6.45, 7) is 17.6. The first-order valence-corrected chi connectivity index (χ1v) is 27.4. The standard InChI is InChI=1S/C48H56N5O20P3/c1-8-18-67-26-34(27-69-75(63,64)73-76(65,66)72-74(60,61)62)70-42(9-2)53-24-33(45(55)52-47(53)58)12-11-16-51-48(59)68-25-28(4)15-17-50-44(54)32-13-14-35(46(56)57)36(22-32)43-37-19-29(5)30(6)21-40(37)71-41-23-39(49-10-3)31(7)20-38(41)43/h8,13-14,19-24,34,42,49H,1,4,6,9-10,15-18,25-27H2,2-3,5,7H3,(H,50,54)(H,51,59)(H,56,57)(H,63,64)(H,65,66)(H,52,55,58)(H2,60,61,62)/t34-,42+/m0/s1. The minimum Gasteiger partial charge on any atom is -0.478 e. The number of hydrogen-bond donors (Lipinski definition) is 9. The van der Waals surface area contributed by atoms with Gasteiger partial charge in [-0.15, -0.1) is 6.58 Å². The van der Waals surface area contributed by atoms with Gasteiger partial charge in [0.05, 0.1) is 31.9 Å². The molecule has 2 unspecified atom stereocenters. The van der Waals surface area contributed by atoms with Crippen LogP contribution in [0.1, 0.15) is 81.5 Å². The van der Waals surface area contributed by atoms with Gasteiger partial charge in [-0.2, -0.15) is 8.62 Å². The Balaban J connectivity index is 1.18. The van der Waals surface area contributed by atoms with Gasteiger partial charge in [-0.05, 0) is 97.5 Å². The van der Waals surface area contributed by atoms with Crippen LogP contribution >= 0.6 is 23.5 Å². The van der Waals surface area contributed by atoms with Crippen LogP contribution < -0.4 is 42.4 Å². The minimum absolute atomic E-state index is 0.0122. The largest absolute Gasteiger partial charge is 0.490 e. The summed E-state index contributed by atoms with van der Waals surface area (Å²) in [6, 6.07) is 11.8. The number of nitrogens with zero attached hydrogens (tertiary/aromatic N) is 1. The normalized spacial score (nSPS) is 14.2. The Morgan fingerprint density at radius 1 is 0.934 bits per heavy atom. The van der Waals surface area contributed by atoms with Crippen LogP contribution in [0, 0.1) is 25.7 Å². The molecule has 408 valence electrons. The molecule has 2 amide bonds. The van der Waals surface area contributed by atoms with Gasteiger partial charge in [0.15, 0.2) is 0 Å². The third-order valence-corrected chi connectivity index (χ3v) is 14.5. The summed E-state index contributed by atoms with van der Waals surface area (Å²) >= 11 is 0. The Hall–Kier alpha value is -6.74. The quantitative estimate of drug-likeness (QED) is 0.0161. The van der Waals surface area contributed by atoms with Crippen LogP contribution in [0.25, 0.3) is 12.2 Å². The molecule has 76 heavy (non-hydrogen) atoms. The third-order valence-electron chi connectivity index (χ3n) is 10.7. The molecule has 28 heteroatoms. The van der Waals surface area contributed by atoms with Crippen LogP contribution in [0.3, 0.4) is 0 Å². The van der Waals surface area contributed by atoms with E-state index in [1.807, 2.05) is 39.0 Å². The Morgan fingerprint density at radius 2 is 1.67 bits per heavy atom. The molecular weight excluding hydrogens is 1060 g/mol. The number of H-pyrrole nitrogens is 1. The predicted molar refractivity (Wildman–Crippen MR) is 275 cm³/mol. The third kappa shape index (κ3) is 16.9. The maximum absolute atomic E-state index is 13.6. The van der Waals surface area contributed by atoms with E-state index < -0.39 is 78.2 Å². The second-order valence-corrected chi connectivity index (χ2v) is 21.0. The molecule has 1 aliphatic heterocycles. The second kappa shape index (κ2) is 26.3. The number of ether oxygens (including phenoxy) is 4. The number of aromatic amines is 1. The fraction of sp³-hybridized carbons (Fsp3) is 0.312. The summed E-state index contributed by atoms with van der Waals surface area (Å²) in [5, 5.41) is 20.2. The van der Waals surface area contributed by atoms with Crippen molar-refractivity contribution in [3.05, 3.63) is 144 Å². The SMILES string of the molecule is C=CCOC[C@@H](COP(=O)(O)OP(=O)(O)OP(=O)(O)O)O[C@H](CC)n1cc(C#CCNC(=O)OCC(=C)CCNC(=O)c2ccc(C(=O)O)c(C3=c4cc(C)c(=C)cc4Oc4cc(NCC)c(C)cc43)c2)c(=O)[nH]c1=O. The van der Waals surface area contributed by atoms with E-state index in [1.165, 1.54) is 24.3 Å². The molecule has 25 nitrogen and oxygen atoms in total. The van der Waals surface area contributed by atoms with Crippen molar-refractivity contribution in [3.63, 3.8) is 0 Å². The van der Waals surface area contributed by atoms with Crippen molar-refractivity contribution < 1.29 is 84.9 Å². The van der Waals surface area contributed by atoms with Crippen molar-refractivity contribution in [3.8, 4) is 23.3 Å². The number of anilines is 1. The smallest absolute Gasteiger partial charge is 0.478 e. The highest BCUT2D eigenvalue weighted by atomic mass is 31.3. The summed E-state index contributed by atoms with van der Waals surface area (Å²) in [4.78, 5) is 103. The second-order valence-electron chi connectivity index (χ2n) is 16.5. The number of carboxylic acids is 1. The van der Waals surface area contributed by atoms with Gasteiger partial charge in [-0.25, -0.2) is 28.1 Å². The molecule has 0 spiro atoms. The molecular formula is C48H56N5O20P3. The summed E-state index contributed by atoms with van der Waals surface area (Å²) in [5.41, 5.74) is 2.56. The monoisotopic (exact) mass is 1120 g/mol. The van der Waals surface area contributed by atoms with E-state index in [1.54, 1.807) is 13.0 Å². The van der Waals surface area contributed by atoms with E-state index in [2.05, 4.69) is 65.7 Å². The number of carbonyl (C=O) groups excluding carboxylic acids is 2. The molecule has 0 saturated carbocycles. The first kappa shape index (κ1) is 60.1. The average Bonchev–Trinajstić information content (AvgIpc) is 3.32. The molecule has 2 heterocycles. The van der Waals surface area contributed by atoms with Crippen LogP contribution in [0.2, 0.25) is 0 Å². The lowest BCUT2D eigenvalue weighted by atomic mass is 9.87. The van der Waals surface area contributed by atoms with Crippen molar-refractivity contribution in [2.45, 2.75) is 52.9 Å². The van der Waals surface area contributed by atoms with E-state index in [0.29, 0.717) is 45.5 Å². The molecule has 3 aromatic carbocycles. The topological polar surface area (TPSA) is 359 Å². The molecule has 5 rings (SSSR count). The number of phosphoric ester groups is 1. The Morgan fingerprint density at radius 3 is 2.34 bits per heavy atom. The van der Waals surface area contributed by atoms with Crippen LogP contribution in [0.15, 0.2) is 83.1 Å². The maximum Gasteiger partial charge on any atom is 0.490 e. The molecule has 0 radical (unpaired) electrons. The predicted octanol–water partition coefficient (Wildman–Crippen LogP) is 4.34. The lowest BCUT2D eigenvalue weighted by molar-refractivity contribution is -0.104. The number of phosphoric acid groups is 3. The number of nitrogens with one attached hydrogen (secondary N) is 4.